The van der Waals surface area contributed by atoms with Gasteiger partial charge in [0.25, 0.3) is 5.91 Å². The zero-order chi connectivity index (χ0) is 22.0. The third kappa shape index (κ3) is 4.05. The molecule has 1 aliphatic heterocycles. The molecule has 0 bridgehead atoms. The van der Waals surface area contributed by atoms with Gasteiger partial charge in [-0.25, -0.2) is 10.2 Å². The number of nitrogens with zero attached hydrogens (tertiary/aromatic N) is 2. The number of aromatic nitrogens is 1. The van der Waals surface area contributed by atoms with Crippen molar-refractivity contribution in [3.05, 3.63) is 60.2 Å². The van der Waals surface area contributed by atoms with Gasteiger partial charge in [-0.3, -0.25) is 14.5 Å². The summed E-state index contributed by atoms with van der Waals surface area (Å²) in [7, 11) is 0. The van der Waals surface area contributed by atoms with Crippen molar-refractivity contribution in [3.8, 4) is 11.3 Å². The van der Waals surface area contributed by atoms with Crippen LogP contribution in [0, 0.1) is 0 Å². The number of urea groups is 1. The van der Waals surface area contributed by atoms with E-state index < -0.39 is 11.6 Å². The molecule has 1 aliphatic rings. The smallest absolute Gasteiger partial charge is 0.325 e. The molecule has 3 N–H and O–H groups in total. The van der Waals surface area contributed by atoms with Crippen molar-refractivity contribution in [1.82, 2.24) is 20.6 Å². The largest absolute Gasteiger partial charge is 0.354 e. The molecule has 0 atom stereocenters. The van der Waals surface area contributed by atoms with Crippen LogP contribution in [0.4, 0.5) is 4.79 Å². The SMILES string of the molecule is CC1(C)NC(=O)N(CCC(=O)N/N=C/c2c(-c3ccccc3)[nH]c3ccccc23)C1=O. The Morgan fingerprint density at radius 3 is 2.52 bits per heavy atom. The van der Waals surface area contributed by atoms with Gasteiger partial charge < -0.3 is 10.3 Å². The van der Waals surface area contributed by atoms with Gasteiger partial charge in [0.15, 0.2) is 0 Å². The molecule has 8 nitrogen and oxygen atoms in total. The van der Waals surface area contributed by atoms with E-state index in [1.807, 2.05) is 54.6 Å². The summed E-state index contributed by atoms with van der Waals surface area (Å²) < 4.78 is 0. The fraction of sp³-hybridized carbons (Fsp3) is 0.217. The Bertz CT molecular complexity index is 1180. The molecule has 2 heterocycles. The highest BCUT2D eigenvalue weighted by atomic mass is 16.2. The molecule has 0 unspecified atom stereocenters. The second kappa shape index (κ2) is 8.06. The van der Waals surface area contributed by atoms with Crippen molar-refractivity contribution in [2.24, 2.45) is 5.10 Å². The van der Waals surface area contributed by atoms with E-state index in [0.29, 0.717) is 0 Å². The first-order valence-electron chi connectivity index (χ1n) is 9.99. The number of amides is 4. The van der Waals surface area contributed by atoms with E-state index in [4.69, 9.17) is 0 Å². The van der Waals surface area contributed by atoms with Gasteiger partial charge >= 0.3 is 6.03 Å². The Morgan fingerprint density at radius 2 is 1.81 bits per heavy atom. The number of carbonyl (C=O) groups excluding carboxylic acids is 3. The number of nitrogens with one attached hydrogen (secondary N) is 3. The summed E-state index contributed by atoms with van der Waals surface area (Å²) in [5.41, 5.74) is 5.27. The predicted molar refractivity (Wildman–Crippen MR) is 118 cm³/mol. The van der Waals surface area contributed by atoms with Crippen LogP contribution in [0.2, 0.25) is 0 Å². The van der Waals surface area contributed by atoms with E-state index in [1.54, 1.807) is 20.1 Å². The minimum absolute atomic E-state index is 0.00218. The number of H-pyrrole nitrogens is 1. The van der Waals surface area contributed by atoms with E-state index >= 15 is 0 Å². The molecule has 1 aromatic heterocycles. The Balaban J connectivity index is 1.46. The maximum Gasteiger partial charge on any atom is 0.325 e. The standard InChI is InChI=1S/C23H23N5O3/c1-23(2)21(30)28(22(31)26-23)13-12-19(29)27-24-14-17-16-10-6-7-11-18(16)25-20(17)15-8-4-3-5-9-15/h3-11,14,25H,12-13H2,1-2H3,(H,26,31)(H,27,29)/b24-14+. The van der Waals surface area contributed by atoms with E-state index in [2.05, 4.69) is 20.8 Å². The number of rotatable bonds is 6. The highest BCUT2D eigenvalue weighted by Gasteiger charge is 2.43. The highest BCUT2D eigenvalue weighted by molar-refractivity contribution is 6.07. The Kier molecular flexibility index (Phi) is 5.29. The quantitative estimate of drug-likeness (QED) is 0.326. The average molecular weight is 417 g/mol. The number of para-hydroxylation sites is 1. The Morgan fingerprint density at radius 1 is 1.10 bits per heavy atom. The van der Waals surface area contributed by atoms with Crippen molar-refractivity contribution in [2.45, 2.75) is 25.8 Å². The highest BCUT2D eigenvalue weighted by Crippen LogP contribution is 2.28. The van der Waals surface area contributed by atoms with Gasteiger partial charge in [-0.05, 0) is 25.5 Å². The lowest BCUT2D eigenvalue weighted by Gasteiger charge is -2.15. The monoisotopic (exact) mass is 417 g/mol. The minimum Gasteiger partial charge on any atom is -0.354 e. The third-order valence-electron chi connectivity index (χ3n) is 5.20. The number of carbonyl (C=O) groups is 3. The topological polar surface area (TPSA) is 107 Å². The Hall–Kier alpha value is -3.94. The summed E-state index contributed by atoms with van der Waals surface area (Å²) >= 11 is 0. The van der Waals surface area contributed by atoms with Crippen LogP contribution >= 0.6 is 0 Å². The summed E-state index contributed by atoms with van der Waals surface area (Å²) in [5.74, 6) is -0.734. The molecule has 158 valence electrons. The molecule has 4 amide bonds. The van der Waals surface area contributed by atoms with Crippen molar-refractivity contribution in [3.63, 3.8) is 0 Å². The number of hydrazone groups is 1. The van der Waals surface area contributed by atoms with Crippen LogP contribution in [0.3, 0.4) is 0 Å². The molecule has 3 aromatic rings. The van der Waals surface area contributed by atoms with Crippen molar-refractivity contribution in [2.75, 3.05) is 6.54 Å². The molecular weight excluding hydrogens is 394 g/mol. The fourth-order valence-corrected chi connectivity index (χ4v) is 3.59. The predicted octanol–water partition coefficient (Wildman–Crippen LogP) is 3.01. The average Bonchev–Trinajstić information content (AvgIpc) is 3.21. The van der Waals surface area contributed by atoms with Crippen LogP contribution in [-0.2, 0) is 9.59 Å². The second-order valence-electron chi connectivity index (χ2n) is 7.88. The first kappa shape index (κ1) is 20.3. The zero-order valence-electron chi connectivity index (χ0n) is 17.3. The van der Waals surface area contributed by atoms with Crippen molar-refractivity contribution in [1.29, 1.82) is 0 Å². The molecule has 0 spiro atoms. The third-order valence-corrected chi connectivity index (χ3v) is 5.20. The van der Waals surface area contributed by atoms with Crippen LogP contribution in [0.1, 0.15) is 25.8 Å². The molecule has 0 aliphatic carbocycles. The van der Waals surface area contributed by atoms with Gasteiger partial charge in [-0.15, -0.1) is 0 Å². The van der Waals surface area contributed by atoms with E-state index in [1.165, 1.54) is 0 Å². The summed E-state index contributed by atoms with van der Waals surface area (Å²) in [4.78, 5) is 40.8. The van der Waals surface area contributed by atoms with E-state index in [9.17, 15) is 14.4 Å². The molecule has 2 aromatic carbocycles. The number of hydrogen-bond acceptors (Lipinski definition) is 4. The van der Waals surface area contributed by atoms with Crippen LogP contribution in [0.15, 0.2) is 59.7 Å². The molecule has 1 fully saturated rings. The Labute approximate surface area is 179 Å². The molecule has 31 heavy (non-hydrogen) atoms. The van der Waals surface area contributed by atoms with Gasteiger partial charge in [0.2, 0.25) is 5.91 Å². The maximum absolute atomic E-state index is 12.2. The summed E-state index contributed by atoms with van der Waals surface area (Å²) in [5, 5.41) is 7.69. The van der Waals surface area contributed by atoms with Crippen LogP contribution in [-0.4, -0.2) is 46.0 Å². The number of aromatic amines is 1. The van der Waals surface area contributed by atoms with E-state index in [0.717, 1.165) is 32.6 Å². The summed E-state index contributed by atoms with van der Waals surface area (Å²) in [6, 6.07) is 17.2. The zero-order valence-corrected chi connectivity index (χ0v) is 17.3. The lowest BCUT2D eigenvalue weighted by atomic mass is 10.1. The van der Waals surface area contributed by atoms with E-state index in [-0.39, 0.29) is 24.8 Å². The van der Waals surface area contributed by atoms with Gasteiger partial charge in [0.05, 0.1) is 11.9 Å². The van der Waals surface area contributed by atoms with Crippen LogP contribution in [0.25, 0.3) is 22.2 Å². The van der Waals surface area contributed by atoms with Crippen LogP contribution in [0.5, 0.6) is 0 Å². The van der Waals surface area contributed by atoms with Gasteiger partial charge in [-0.1, -0.05) is 48.5 Å². The van der Waals surface area contributed by atoms with Gasteiger partial charge in [-0.2, -0.15) is 5.10 Å². The lowest BCUT2D eigenvalue weighted by molar-refractivity contribution is -0.130. The normalized spacial score (nSPS) is 15.6. The number of hydrogen-bond donors (Lipinski definition) is 3. The van der Waals surface area contributed by atoms with Crippen molar-refractivity contribution < 1.29 is 14.4 Å². The number of imide groups is 1. The maximum atomic E-state index is 12.2. The summed E-state index contributed by atoms with van der Waals surface area (Å²) in [6.45, 7) is 3.25. The van der Waals surface area contributed by atoms with Crippen LogP contribution < -0.4 is 10.7 Å². The second-order valence-corrected chi connectivity index (χ2v) is 7.88. The van der Waals surface area contributed by atoms with Gasteiger partial charge in [0, 0.05) is 29.4 Å². The van der Waals surface area contributed by atoms with Gasteiger partial charge in [0.1, 0.15) is 5.54 Å². The number of benzene rings is 2. The number of fused-ring (bicyclic) bond motifs is 1. The lowest BCUT2D eigenvalue weighted by Crippen LogP contribution is -2.40. The molecule has 1 saturated heterocycles. The fourth-order valence-electron chi connectivity index (χ4n) is 3.59. The molecular formula is C23H23N5O3. The molecule has 0 radical (unpaired) electrons. The molecule has 8 heteroatoms. The first-order valence-corrected chi connectivity index (χ1v) is 9.99. The van der Waals surface area contributed by atoms with Crippen molar-refractivity contribution >= 4 is 35.0 Å². The first-order chi connectivity index (χ1) is 14.9. The minimum atomic E-state index is -0.950. The molecule has 4 rings (SSSR count). The summed E-state index contributed by atoms with van der Waals surface area (Å²) in [6.07, 6.45) is 1.57. The molecule has 0 saturated carbocycles.